The van der Waals surface area contributed by atoms with Crippen LogP contribution < -0.4 is 5.32 Å². The van der Waals surface area contributed by atoms with Gasteiger partial charge in [-0.3, -0.25) is 9.69 Å². The van der Waals surface area contributed by atoms with E-state index in [4.69, 9.17) is 4.42 Å². The van der Waals surface area contributed by atoms with Crippen molar-refractivity contribution in [3.63, 3.8) is 0 Å². The Bertz CT molecular complexity index is 929. The van der Waals surface area contributed by atoms with Crippen molar-refractivity contribution in [1.29, 1.82) is 0 Å². The first-order valence-corrected chi connectivity index (χ1v) is 12.2. The third-order valence-electron chi connectivity index (χ3n) is 5.98. The van der Waals surface area contributed by atoms with Crippen LogP contribution in [0.3, 0.4) is 0 Å². The quantitative estimate of drug-likeness (QED) is 0.729. The molecule has 2 fully saturated rings. The Morgan fingerprint density at radius 3 is 2.27 bits per heavy atom. The normalized spacial score (nSPS) is 19.6. The van der Waals surface area contributed by atoms with Crippen molar-refractivity contribution in [2.45, 2.75) is 43.0 Å². The Morgan fingerprint density at radius 2 is 1.63 bits per heavy atom. The number of carbonyl (C=O) groups is 1. The molecule has 0 unspecified atom stereocenters. The summed E-state index contributed by atoms with van der Waals surface area (Å²) in [7, 11) is -3.47. The van der Waals surface area contributed by atoms with Crippen LogP contribution in [-0.2, 0) is 10.0 Å². The monoisotopic (exact) mass is 431 g/mol. The fraction of sp³-hybridized carbons (Fsp3) is 0.500. The van der Waals surface area contributed by atoms with Crippen LogP contribution in [0.15, 0.2) is 52.0 Å². The van der Waals surface area contributed by atoms with Crippen molar-refractivity contribution in [2.75, 3.05) is 32.7 Å². The Kier molecular flexibility index (Phi) is 6.55. The summed E-state index contributed by atoms with van der Waals surface area (Å²) in [5.41, 5.74) is 0.451. The molecule has 1 N–H and O–H groups in total. The van der Waals surface area contributed by atoms with Gasteiger partial charge in [0.05, 0.1) is 17.2 Å². The van der Waals surface area contributed by atoms with E-state index < -0.39 is 10.0 Å². The second kappa shape index (κ2) is 9.32. The summed E-state index contributed by atoms with van der Waals surface area (Å²) in [6.45, 7) is 3.55. The summed E-state index contributed by atoms with van der Waals surface area (Å²) in [4.78, 5) is 15.3. The van der Waals surface area contributed by atoms with Gasteiger partial charge in [-0.05, 0) is 75.2 Å². The lowest BCUT2D eigenvalue weighted by molar-refractivity contribution is 0.0914. The second-order valence-corrected chi connectivity index (χ2v) is 9.91. The molecule has 2 aliphatic rings. The molecule has 162 valence electrons. The highest BCUT2D eigenvalue weighted by Gasteiger charge is 2.28. The van der Waals surface area contributed by atoms with Crippen molar-refractivity contribution in [3.8, 4) is 0 Å². The molecule has 30 heavy (non-hydrogen) atoms. The minimum Gasteiger partial charge on any atom is -0.468 e. The molecule has 2 saturated heterocycles. The number of piperidine rings is 1. The van der Waals surface area contributed by atoms with Gasteiger partial charge >= 0.3 is 0 Å². The van der Waals surface area contributed by atoms with Crippen molar-refractivity contribution < 1.29 is 17.6 Å². The van der Waals surface area contributed by atoms with Crippen LogP contribution >= 0.6 is 0 Å². The van der Waals surface area contributed by atoms with Gasteiger partial charge in [-0.1, -0.05) is 6.42 Å². The van der Waals surface area contributed by atoms with E-state index in [0.717, 1.165) is 44.5 Å². The number of nitrogens with zero attached hydrogens (tertiary/aromatic N) is 2. The molecule has 1 amide bonds. The average Bonchev–Trinajstić information content (AvgIpc) is 3.49. The molecule has 0 spiro atoms. The SMILES string of the molecule is O=C(NC[C@@H](c1ccco1)N1CCCCC1)c1ccc(S(=O)(=O)N2CCCC2)cc1. The van der Waals surface area contributed by atoms with Crippen molar-refractivity contribution in [1.82, 2.24) is 14.5 Å². The highest BCUT2D eigenvalue weighted by atomic mass is 32.2. The fourth-order valence-electron chi connectivity index (χ4n) is 4.27. The van der Waals surface area contributed by atoms with Crippen molar-refractivity contribution >= 4 is 15.9 Å². The zero-order chi connectivity index (χ0) is 21.0. The summed E-state index contributed by atoms with van der Waals surface area (Å²) in [6, 6.07) is 10.0. The van der Waals surface area contributed by atoms with E-state index in [1.165, 1.54) is 22.9 Å². The van der Waals surface area contributed by atoms with Crippen LogP contribution in [0.5, 0.6) is 0 Å². The third kappa shape index (κ3) is 4.61. The number of benzene rings is 1. The summed E-state index contributed by atoms with van der Waals surface area (Å²) in [5, 5.41) is 3.00. The van der Waals surface area contributed by atoms with Gasteiger partial charge in [0.2, 0.25) is 10.0 Å². The molecule has 4 rings (SSSR count). The molecule has 0 radical (unpaired) electrons. The topological polar surface area (TPSA) is 82.9 Å². The molecule has 0 aliphatic carbocycles. The molecular formula is C22H29N3O4S. The second-order valence-electron chi connectivity index (χ2n) is 7.97. The molecule has 8 heteroatoms. The van der Waals surface area contributed by atoms with Gasteiger partial charge in [0.1, 0.15) is 5.76 Å². The van der Waals surface area contributed by atoms with E-state index in [1.54, 1.807) is 18.4 Å². The number of carbonyl (C=O) groups excluding carboxylic acids is 1. The van der Waals surface area contributed by atoms with Gasteiger partial charge in [-0.25, -0.2) is 8.42 Å². The van der Waals surface area contributed by atoms with Gasteiger partial charge < -0.3 is 9.73 Å². The standard InChI is InChI=1S/C22H29N3O4S/c26-22(18-8-10-19(11-9-18)30(27,28)25-14-4-5-15-25)23-17-20(21-7-6-16-29-21)24-12-2-1-3-13-24/h6-11,16,20H,1-5,12-15,17H2,(H,23,26)/t20-/m0/s1. The smallest absolute Gasteiger partial charge is 0.251 e. The van der Waals surface area contributed by atoms with Crippen LogP contribution in [-0.4, -0.2) is 56.3 Å². The Morgan fingerprint density at radius 1 is 0.967 bits per heavy atom. The molecule has 2 aliphatic heterocycles. The predicted molar refractivity (Wildman–Crippen MR) is 114 cm³/mol. The highest BCUT2D eigenvalue weighted by molar-refractivity contribution is 7.89. The number of rotatable bonds is 7. The van der Waals surface area contributed by atoms with Crippen molar-refractivity contribution in [3.05, 3.63) is 54.0 Å². The summed E-state index contributed by atoms with van der Waals surface area (Å²) < 4.78 is 32.4. The maximum atomic E-state index is 12.7. The highest BCUT2D eigenvalue weighted by Crippen LogP contribution is 2.25. The molecule has 1 aromatic carbocycles. The van der Waals surface area contributed by atoms with Crippen LogP contribution in [0.2, 0.25) is 0 Å². The number of furan rings is 1. The third-order valence-corrected chi connectivity index (χ3v) is 7.89. The molecule has 0 bridgehead atoms. The number of likely N-dealkylation sites (tertiary alicyclic amines) is 1. The molecule has 2 aromatic rings. The number of nitrogens with one attached hydrogen (secondary N) is 1. The van der Waals surface area contributed by atoms with E-state index in [1.807, 2.05) is 12.1 Å². The minimum absolute atomic E-state index is 0.000863. The van der Waals surface area contributed by atoms with Gasteiger partial charge in [-0.2, -0.15) is 4.31 Å². The number of amides is 1. The number of hydrogen-bond donors (Lipinski definition) is 1. The number of hydrogen-bond acceptors (Lipinski definition) is 5. The largest absolute Gasteiger partial charge is 0.468 e. The lowest BCUT2D eigenvalue weighted by atomic mass is 10.1. The van der Waals surface area contributed by atoms with E-state index in [-0.39, 0.29) is 16.8 Å². The van der Waals surface area contributed by atoms with Gasteiger partial charge in [-0.15, -0.1) is 0 Å². The summed E-state index contributed by atoms with van der Waals surface area (Å²) in [5.74, 6) is 0.637. The fourth-order valence-corrected chi connectivity index (χ4v) is 5.78. The zero-order valence-electron chi connectivity index (χ0n) is 17.1. The molecule has 3 heterocycles. The van der Waals surface area contributed by atoms with Crippen LogP contribution in [0.4, 0.5) is 0 Å². The van der Waals surface area contributed by atoms with E-state index in [2.05, 4.69) is 10.2 Å². The first-order chi connectivity index (χ1) is 14.6. The predicted octanol–water partition coefficient (Wildman–Crippen LogP) is 3.02. The van der Waals surface area contributed by atoms with Crippen LogP contribution in [0.1, 0.15) is 54.3 Å². The Labute approximate surface area is 178 Å². The summed E-state index contributed by atoms with van der Waals surface area (Å²) >= 11 is 0. The molecule has 7 nitrogen and oxygen atoms in total. The lowest BCUT2D eigenvalue weighted by Crippen LogP contribution is -2.40. The Balaban J connectivity index is 1.41. The molecule has 1 atom stereocenters. The molecular weight excluding hydrogens is 402 g/mol. The summed E-state index contributed by atoms with van der Waals surface area (Å²) in [6.07, 6.45) is 6.99. The Hall–Kier alpha value is -2.16. The van der Waals surface area contributed by atoms with E-state index in [9.17, 15) is 13.2 Å². The van der Waals surface area contributed by atoms with Crippen LogP contribution in [0, 0.1) is 0 Å². The van der Waals surface area contributed by atoms with E-state index >= 15 is 0 Å². The first-order valence-electron chi connectivity index (χ1n) is 10.7. The van der Waals surface area contributed by atoms with Crippen LogP contribution in [0.25, 0.3) is 0 Å². The first kappa shape index (κ1) is 21.1. The maximum Gasteiger partial charge on any atom is 0.251 e. The maximum absolute atomic E-state index is 12.7. The lowest BCUT2D eigenvalue weighted by Gasteiger charge is -2.33. The van der Waals surface area contributed by atoms with Gasteiger partial charge in [0.25, 0.3) is 5.91 Å². The molecule has 0 saturated carbocycles. The van der Waals surface area contributed by atoms with Gasteiger partial charge in [0, 0.05) is 25.2 Å². The average molecular weight is 432 g/mol. The van der Waals surface area contributed by atoms with E-state index in [0.29, 0.717) is 25.2 Å². The molecule has 1 aromatic heterocycles. The number of sulfonamides is 1. The minimum atomic E-state index is -3.47. The van der Waals surface area contributed by atoms with Gasteiger partial charge in [0.15, 0.2) is 0 Å². The zero-order valence-corrected chi connectivity index (χ0v) is 17.9. The van der Waals surface area contributed by atoms with Crippen molar-refractivity contribution in [2.24, 2.45) is 0 Å².